The molecule has 0 aliphatic carbocycles. The van der Waals surface area contributed by atoms with Gasteiger partial charge in [0.1, 0.15) is 5.56 Å². The molecule has 18 heavy (non-hydrogen) atoms. The number of halogens is 1. The van der Waals surface area contributed by atoms with Crippen LogP contribution >= 0.6 is 11.6 Å². The summed E-state index contributed by atoms with van der Waals surface area (Å²) in [5.74, 6) is 0.0685. The molecule has 1 heterocycles. The molecule has 0 aliphatic heterocycles. The van der Waals surface area contributed by atoms with Crippen LogP contribution in [0.25, 0.3) is 0 Å². The molecule has 0 unspecified atom stereocenters. The summed E-state index contributed by atoms with van der Waals surface area (Å²) >= 11 is 5.90. The summed E-state index contributed by atoms with van der Waals surface area (Å²) in [5.41, 5.74) is 0.230. The standard InChI is InChI=1S/C13H19ClN2O2/c1-4-9(5-2)7-15-12(17)10-6-11(14)8(3)16-13(10)18/h6,9H,4-5,7H2,1-3H3,(H,15,17)(H,16,18). The highest BCUT2D eigenvalue weighted by atomic mass is 35.5. The average Bonchev–Trinajstić information content (AvgIpc) is 2.34. The van der Waals surface area contributed by atoms with Crippen LogP contribution in [0.5, 0.6) is 0 Å². The van der Waals surface area contributed by atoms with E-state index < -0.39 is 5.56 Å². The lowest BCUT2D eigenvalue weighted by Gasteiger charge is -2.13. The molecular formula is C13H19ClN2O2. The van der Waals surface area contributed by atoms with Crippen molar-refractivity contribution in [3.05, 3.63) is 32.7 Å². The van der Waals surface area contributed by atoms with Crippen molar-refractivity contribution in [3.63, 3.8) is 0 Å². The Morgan fingerprint density at radius 1 is 1.44 bits per heavy atom. The second-order valence-electron chi connectivity index (χ2n) is 4.38. The van der Waals surface area contributed by atoms with E-state index >= 15 is 0 Å². The number of amides is 1. The molecule has 100 valence electrons. The van der Waals surface area contributed by atoms with Crippen molar-refractivity contribution in [1.82, 2.24) is 10.3 Å². The molecule has 0 radical (unpaired) electrons. The lowest BCUT2D eigenvalue weighted by atomic mass is 10.0. The van der Waals surface area contributed by atoms with Gasteiger partial charge >= 0.3 is 0 Å². The van der Waals surface area contributed by atoms with Gasteiger partial charge < -0.3 is 10.3 Å². The van der Waals surface area contributed by atoms with Crippen molar-refractivity contribution < 1.29 is 4.79 Å². The van der Waals surface area contributed by atoms with Crippen LogP contribution in [0, 0.1) is 12.8 Å². The summed E-state index contributed by atoms with van der Waals surface area (Å²) in [6.45, 7) is 6.43. The van der Waals surface area contributed by atoms with E-state index in [2.05, 4.69) is 24.1 Å². The molecule has 0 spiro atoms. The molecule has 4 nitrogen and oxygen atoms in total. The minimum Gasteiger partial charge on any atom is -0.352 e. The number of nitrogens with one attached hydrogen (secondary N) is 2. The minimum atomic E-state index is -0.404. The molecule has 1 aromatic heterocycles. The van der Waals surface area contributed by atoms with Gasteiger partial charge in [0.15, 0.2) is 0 Å². The quantitative estimate of drug-likeness (QED) is 0.864. The first kappa shape index (κ1) is 14.8. The fraction of sp³-hybridized carbons (Fsp3) is 0.538. The van der Waals surface area contributed by atoms with E-state index in [1.807, 2.05) is 0 Å². The molecule has 0 atom stereocenters. The van der Waals surface area contributed by atoms with Crippen LogP contribution in [0.3, 0.4) is 0 Å². The van der Waals surface area contributed by atoms with Gasteiger partial charge in [-0.05, 0) is 18.9 Å². The summed E-state index contributed by atoms with van der Waals surface area (Å²) in [4.78, 5) is 26.1. The molecule has 0 bridgehead atoms. The molecule has 0 fully saturated rings. The normalized spacial score (nSPS) is 10.7. The number of carbonyl (C=O) groups is 1. The summed E-state index contributed by atoms with van der Waals surface area (Å²) in [7, 11) is 0. The summed E-state index contributed by atoms with van der Waals surface area (Å²) in [5, 5.41) is 3.16. The molecule has 5 heteroatoms. The largest absolute Gasteiger partial charge is 0.352 e. The Balaban J connectivity index is 2.79. The van der Waals surface area contributed by atoms with E-state index in [1.54, 1.807) is 6.92 Å². The van der Waals surface area contributed by atoms with Crippen molar-refractivity contribution in [1.29, 1.82) is 0 Å². The Hall–Kier alpha value is -1.29. The van der Waals surface area contributed by atoms with Gasteiger partial charge in [0.05, 0.1) is 5.02 Å². The molecule has 1 amide bonds. The van der Waals surface area contributed by atoms with Crippen LogP contribution in [0.15, 0.2) is 10.9 Å². The second-order valence-corrected chi connectivity index (χ2v) is 4.78. The first-order valence-electron chi connectivity index (χ1n) is 6.17. The third-order valence-electron chi connectivity index (χ3n) is 3.13. The monoisotopic (exact) mass is 270 g/mol. The molecular weight excluding hydrogens is 252 g/mol. The lowest BCUT2D eigenvalue weighted by Crippen LogP contribution is -2.33. The molecule has 2 N–H and O–H groups in total. The third-order valence-corrected chi connectivity index (χ3v) is 3.52. The van der Waals surface area contributed by atoms with E-state index in [1.165, 1.54) is 6.07 Å². The summed E-state index contributed by atoms with van der Waals surface area (Å²) in [6, 6.07) is 1.41. The topological polar surface area (TPSA) is 62.0 Å². The van der Waals surface area contributed by atoms with Gasteiger partial charge in [-0.15, -0.1) is 0 Å². The average molecular weight is 271 g/mol. The van der Waals surface area contributed by atoms with Crippen LogP contribution in [-0.2, 0) is 0 Å². The van der Waals surface area contributed by atoms with Crippen LogP contribution < -0.4 is 10.9 Å². The fourth-order valence-electron chi connectivity index (χ4n) is 1.68. The van der Waals surface area contributed by atoms with Crippen molar-refractivity contribution in [3.8, 4) is 0 Å². The number of aromatic amines is 1. The number of hydrogen-bond donors (Lipinski definition) is 2. The van der Waals surface area contributed by atoms with Gasteiger partial charge in [-0.1, -0.05) is 38.3 Å². The summed E-state index contributed by atoms with van der Waals surface area (Å²) in [6.07, 6.45) is 2.00. The van der Waals surface area contributed by atoms with Crippen molar-refractivity contribution in [2.45, 2.75) is 33.6 Å². The number of aromatic nitrogens is 1. The van der Waals surface area contributed by atoms with Gasteiger partial charge in [0.25, 0.3) is 11.5 Å². The predicted molar refractivity (Wildman–Crippen MR) is 73.2 cm³/mol. The molecule has 1 aromatic rings. The maximum absolute atomic E-state index is 11.9. The zero-order valence-electron chi connectivity index (χ0n) is 11.0. The van der Waals surface area contributed by atoms with Gasteiger partial charge in [-0.25, -0.2) is 0 Å². The van der Waals surface area contributed by atoms with Crippen molar-refractivity contribution in [2.24, 2.45) is 5.92 Å². The SMILES string of the molecule is CCC(CC)CNC(=O)c1cc(Cl)c(C)[nH]c1=O. The Morgan fingerprint density at radius 3 is 2.61 bits per heavy atom. The molecule has 0 saturated carbocycles. The highest BCUT2D eigenvalue weighted by Gasteiger charge is 2.13. The first-order valence-corrected chi connectivity index (χ1v) is 6.55. The zero-order valence-corrected chi connectivity index (χ0v) is 11.7. The second kappa shape index (κ2) is 6.59. The summed E-state index contributed by atoms with van der Waals surface area (Å²) < 4.78 is 0. The number of rotatable bonds is 5. The number of H-pyrrole nitrogens is 1. The fourth-order valence-corrected chi connectivity index (χ4v) is 1.83. The highest BCUT2D eigenvalue weighted by molar-refractivity contribution is 6.31. The van der Waals surface area contributed by atoms with Gasteiger partial charge in [-0.2, -0.15) is 0 Å². The van der Waals surface area contributed by atoms with Crippen LogP contribution in [0.2, 0.25) is 5.02 Å². The van der Waals surface area contributed by atoms with E-state index in [0.29, 0.717) is 23.2 Å². The van der Waals surface area contributed by atoms with Crippen LogP contribution in [0.1, 0.15) is 42.7 Å². The van der Waals surface area contributed by atoms with E-state index in [-0.39, 0.29) is 11.5 Å². The Labute approximate surface area is 112 Å². The highest BCUT2D eigenvalue weighted by Crippen LogP contribution is 2.11. The van der Waals surface area contributed by atoms with E-state index in [0.717, 1.165) is 12.8 Å². The first-order chi connectivity index (χ1) is 8.49. The third kappa shape index (κ3) is 3.60. The number of pyridine rings is 1. The predicted octanol–water partition coefficient (Wildman–Crippen LogP) is 2.50. The Morgan fingerprint density at radius 2 is 2.06 bits per heavy atom. The lowest BCUT2D eigenvalue weighted by molar-refractivity contribution is 0.0945. The number of hydrogen-bond acceptors (Lipinski definition) is 2. The maximum atomic E-state index is 11.9. The van der Waals surface area contributed by atoms with Gasteiger partial charge in [0.2, 0.25) is 0 Å². The molecule has 0 aliphatic rings. The Kier molecular flexibility index (Phi) is 5.41. The molecule has 1 rings (SSSR count). The maximum Gasteiger partial charge on any atom is 0.261 e. The van der Waals surface area contributed by atoms with E-state index in [4.69, 9.17) is 11.6 Å². The number of carbonyl (C=O) groups excluding carboxylic acids is 1. The van der Waals surface area contributed by atoms with Gasteiger partial charge in [0, 0.05) is 12.2 Å². The smallest absolute Gasteiger partial charge is 0.261 e. The molecule has 0 aromatic carbocycles. The van der Waals surface area contributed by atoms with Crippen LogP contribution in [0.4, 0.5) is 0 Å². The number of aryl methyl sites for hydroxylation is 1. The Bertz CT molecular complexity index is 478. The van der Waals surface area contributed by atoms with E-state index in [9.17, 15) is 9.59 Å². The zero-order chi connectivity index (χ0) is 13.7. The van der Waals surface area contributed by atoms with Crippen LogP contribution in [-0.4, -0.2) is 17.4 Å². The van der Waals surface area contributed by atoms with Gasteiger partial charge in [-0.3, -0.25) is 9.59 Å². The minimum absolute atomic E-state index is 0.0663. The molecule has 0 saturated heterocycles. The van der Waals surface area contributed by atoms with Crippen molar-refractivity contribution >= 4 is 17.5 Å². The van der Waals surface area contributed by atoms with Crippen molar-refractivity contribution in [2.75, 3.05) is 6.54 Å².